The summed E-state index contributed by atoms with van der Waals surface area (Å²) in [6.07, 6.45) is 0. The number of hydrogen-bond acceptors (Lipinski definition) is 6. The van der Waals surface area contributed by atoms with Gasteiger partial charge in [0.15, 0.2) is 0 Å². The van der Waals surface area contributed by atoms with Crippen molar-refractivity contribution in [1.29, 1.82) is 0 Å². The van der Waals surface area contributed by atoms with Gasteiger partial charge >= 0.3 is 0 Å². The van der Waals surface area contributed by atoms with Crippen LogP contribution in [0.3, 0.4) is 0 Å². The molecule has 0 radical (unpaired) electrons. The first-order chi connectivity index (χ1) is 11.3. The zero-order valence-corrected chi connectivity index (χ0v) is 15.0. The SMILES string of the molecule is Cc1ccc([C@H](C)NC(=O)CSc2nnc(C)c(=O)n2N)cc1C. The van der Waals surface area contributed by atoms with Crippen molar-refractivity contribution in [2.75, 3.05) is 11.6 Å². The molecule has 0 aliphatic heterocycles. The molecule has 0 aliphatic carbocycles. The lowest BCUT2D eigenvalue weighted by Crippen LogP contribution is -2.33. The molecule has 1 aromatic carbocycles. The number of amides is 1. The molecule has 0 fully saturated rings. The molecule has 8 heteroatoms. The van der Waals surface area contributed by atoms with Crippen LogP contribution in [-0.2, 0) is 4.79 Å². The average Bonchev–Trinajstić information content (AvgIpc) is 2.54. The van der Waals surface area contributed by atoms with Gasteiger partial charge in [0.25, 0.3) is 5.56 Å². The summed E-state index contributed by atoms with van der Waals surface area (Å²) in [6.45, 7) is 7.55. The van der Waals surface area contributed by atoms with Crippen molar-refractivity contribution in [3.8, 4) is 0 Å². The van der Waals surface area contributed by atoms with Crippen LogP contribution < -0.4 is 16.7 Å². The molecule has 24 heavy (non-hydrogen) atoms. The van der Waals surface area contributed by atoms with Crippen LogP contribution in [0.4, 0.5) is 0 Å². The van der Waals surface area contributed by atoms with Gasteiger partial charge in [-0.05, 0) is 44.4 Å². The van der Waals surface area contributed by atoms with Crippen molar-refractivity contribution in [2.24, 2.45) is 0 Å². The fourth-order valence-corrected chi connectivity index (χ4v) is 2.76. The van der Waals surface area contributed by atoms with Gasteiger partial charge in [-0.2, -0.15) is 4.68 Å². The summed E-state index contributed by atoms with van der Waals surface area (Å²) in [6, 6.07) is 6.00. The Balaban J connectivity index is 1.97. The summed E-state index contributed by atoms with van der Waals surface area (Å²) in [5.41, 5.74) is 3.24. The number of carbonyl (C=O) groups excluding carboxylic acids is 1. The van der Waals surface area contributed by atoms with Crippen LogP contribution in [-0.4, -0.2) is 26.5 Å². The Kier molecular flexibility index (Phi) is 5.61. The van der Waals surface area contributed by atoms with Crippen LogP contribution in [0.2, 0.25) is 0 Å². The number of aromatic nitrogens is 3. The maximum Gasteiger partial charge on any atom is 0.294 e. The summed E-state index contributed by atoms with van der Waals surface area (Å²) in [7, 11) is 0. The van der Waals surface area contributed by atoms with Crippen LogP contribution in [0, 0.1) is 20.8 Å². The summed E-state index contributed by atoms with van der Waals surface area (Å²) >= 11 is 1.07. The van der Waals surface area contributed by atoms with E-state index in [1.807, 2.05) is 32.9 Å². The quantitative estimate of drug-likeness (QED) is 0.623. The van der Waals surface area contributed by atoms with Gasteiger partial charge in [-0.1, -0.05) is 30.0 Å². The molecule has 1 heterocycles. The monoisotopic (exact) mass is 347 g/mol. The zero-order valence-electron chi connectivity index (χ0n) is 14.2. The van der Waals surface area contributed by atoms with Crippen LogP contribution in [0.5, 0.6) is 0 Å². The van der Waals surface area contributed by atoms with Crippen molar-refractivity contribution in [1.82, 2.24) is 20.2 Å². The Morgan fingerprint density at radius 3 is 2.67 bits per heavy atom. The molecule has 0 saturated carbocycles. The van der Waals surface area contributed by atoms with E-state index < -0.39 is 5.56 Å². The Morgan fingerprint density at radius 2 is 2.00 bits per heavy atom. The van der Waals surface area contributed by atoms with E-state index in [0.29, 0.717) is 0 Å². The van der Waals surface area contributed by atoms with E-state index in [2.05, 4.69) is 21.6 Å². The lowest BCUT2D eigenvalue weighted by atomic mass is 10.0. The molecule has 1 atom stereocenters. The molecule has 0 spiro atoms. The molecule has 0 saturated heterocycles. The molecule has 0 bridgehead atoms. The van der Waals surface area contributed by atoms with E-state index in [1.54, 1.807) is 0 Å². The second-order valence-electron chi connectivity index (χ2n) is 5.66. The minimum Gasteiger partial charge on any atom is -0.349 e. The number of nitrogen functional groups attached to an aromatic ring is 1. The second kappa shape index (κ2) is 7.48. The Labute approximate surface area is 144 Å². The summed E-state index contributed by atoms with van der Waals surface area (Å²) < 4.78 is 0.910. The number of nitrogens with zero attached hydrogens (tertiary/aromatic N) is 3. The predicted octanol–water partition coefficient (Wildman–Crippen LogP) is 1.25. The highest BCUT2D eigenvalue weighted by Gasteiger charge is 2.13. The van der Waals surface area contributed by atoms with E-state index in [9.17, 15) is 9.59 Å². The zero-order chi connectivity index (χ0) is 17.9. The van der Waals surface area contributed by atoms with Gasteiger partial charge < -0.3 is 11.2 Å². The molecule has 3 N–H and O–H groups in total. The molecular formula is C16H21N5O2S. The Morgan fingerprint density at radius 1 is 1.29 bits per heavy atom. The molecule has 0 unspecified atom stereocenters. The summed E-state index contributed by atoms with van der Waals surface area (Å²) in [5, 5.41) is 10.7. The maximum atomic E-state index is 12.1. The fourth-order valence-electron chi connectivity index (χ4n) is 2.10. The van der Waals surface area contributed by atoms with Gasteiger partial charge in [0.05, 0.1) is 11.8 Å². The molecule has 2 rings (SSSR count). The number of nitrogens with two attached hydrogens (primary N) is 1. The highest BCUT2D eigenvalue weighted by Crippen LogP contribution is 2.17. The lowest BCUT2D eigenvalue weighted by molar-refractivity contribution is -0.119. The van der Waals surface area contributed by atoms with Gasteiger partial charge in [0.2, 0.25) is 11.1 Å². The van der Waals surface area contributed by atoms with Crippen molar-refractivity contribution in [3.05, 3.63) is 50.9 Å². The molecule has 0 aliphatic rings. The standard InChI is InChI=1S/C16H21N5O2S/c1-9-5-6-13(7-10(9)2)11(3)18-14(22)8-24-16-20-19-12(4)15(23)21(16)17/h5-7,11H,8,17H2,1-4H3,(H,18,22)/t11-/m0/s1. The Bertz CT molecular complexity index is 819. The van der Waals surface area contributed by atoms with Gasteiger partial charge in [-0.25, -0.2) is 0 Å². The highest BCUT2D eigenvalue weighted by molar-refractivity contribution is 7.99. The minimum atomic E-state index is -0.420. The van der Waals surface area contributed by atoms with Gasteiger partial charge in [0, 0.05) is 0 Å². The number of benzene rings is 1. The van der Waals surface area contributed by atoms with Crippen molar-refractivity contribution >= 4 is 17.7 Å². The van der Waals surface area contributed by atoms with Crippen molar-refractivity contribution in [3.63, 3.8) is 0 Å². The maximum absolute atomic E-state index is 12.1. The fraction of sp³-hybridized carbons (Fsp3) is 0.375. The van der Waals surface area contributed by atoms with Gasteiger partial charge in [-0.15, -0.1) is 10.2 Å². The molecule has 1 amide bonds. The first-order valence-corrected chi connectivity index (χ1v) is 8.49. The summed E-state index contributed by atoms with van der Waals surface area (Å²) in [4.78, 5) is 23.8. The predicted molar refractivity (Wildman–Crippen MR) is 94.4 cm³/mol. The third-order valence-electron chi connectivity index (χ3n) is 3.76. The van der Waals surface area contributed by atoms with E-state index >= 15 is 0 Å². The van der Waals surface area contributed by atoms with Gasteiger partial charge in [-0.3, -0.25) is 9.59 Å². The van der Waals surface area contributed by atoms with Crippen LogP contribution in [0.15, 0.2) is 28.2 Å². The van der Waals surface area contributed by atoms with Crippen LogP contribution in [0.25, 0.3) is 0 Å². The molecule has 7 nitrogen and oxygen atoms in total. The van der Waals surface area contributed by atoms with E-state index in [1.165, 1.54) is 18.1 Å². The normalized spacial score (nSPS) is 12.0. The van der Waals surface area contributed by atoms with E-state index in [-0.39, 0.29) is 28.6 Å². The second-order valence-corrected chi connectivity index (χ2v) is 6.61. The van der Waals surface area contributed by atoms with Crippen LogP contribution >= 0.6 is 11.8 Å². The average molecular weight is 347 g/mol. The number of nitrogens with one attached hydrogen (secondary N) is 1. The van der Waals surface area contributed by atoms with Crippen molar-refractivity contribution < 1.29 is 4.79 Å². The first kappa shape index (κ1) is 18.0. The number of rotatable bonds is 5. The smallest absolute Gasteiger partial charge is 0.294 e. The van der Waals surface area contributed by atoms with Gasteiger partial charge in [0.1, 0.15) is 5.69 Å². The third-order valence-corrected chi connectivity index (χ3v) is 4.70. The van der Waals surface area contributed by atoms with E-state index in [0.717, 1.165) is 22.0 Å². The van der Waals surface area contributed by atoms with E-state index in [4.69, 9.17) is 5.84 Å². The third kappa shape index (κ3) is 4.14. The van der Waals surface area contributed by atoms with Crippen molar-refractivity contribution in [2.45, 2.75) is 38.9 Å². The van der Waals surface area contributed by atoms with Crippen LogP contribution in [0.1, 0.15) is 35.3 Å². The summed E-state index contributed by atoms with van der Waals surface area (Å²) in [5.74, 6) is 5.58. The topological polar surface area (TPSA) is 103 Å². The largest absolute Gasteiger partial charge is 0.349 e. The minimum absolute atomic E-state index is 0.101. The molecule has 2 aromatic rings. The number of thioether (sulfide) groups is 1. The first-order valence-electron chi connectivity index (χ1n) is 7.50. The lowest BCUT2D eigenvalue weighted by Gasteiger charge is -2.15. The molecular weight excluding hydrogens is 326 g/mol. The number of hydrogen-bond donors (Lipinski definition) is 2. The Hall–Kier alpha value is -2.35. The molecule has 1 aromatic heterocycles. The highest BCUT2D eigenvalue weighted by atomic mass is 32.2. The number of aryl methyl sites for hydroxylation is 3. The molecule has 128 valence electrons. The number of carbonyl (C=O) groups is 1.